The minimum atomic E-state index is -0.392. The molecular weight excluding hydrogens is 466 g/mol. The lowest BCUT2D eigenvalue weighted by atomic mass is 9.97. The van der Waals surface area contributed by atoms with E-state index in [1.54, 1.807) is 0 Å². The van der Waals surface area contributed by atoms with Gasteiger partial charge < -0.3 is 5.32 Å². The maximum Gasteiger partial charge on any atom is 0.220 e. The van der Waals surface area contributed by atoms with Crippen molar-refractivity contribution in [2.75, 3.05) is 0 Å². The van der Waals surface area contributed by atoms with Crippen molar-refractivity contribution in [2.24, 2.45) is 0 Å². The van der Waals surface area contributed by atoms with Crippen molar-refractivity contribution in [3.05, 3.63) is 35.9 Å². The Kier molecular flexibility index (Phi) is 23.2. The smallest absolute Gasteiger partial charge is 0.220 e. The highest BCUT2D eigenvalue weighted by atomic mass is 16.2. The number of rotatable bonds is 27. The summed E-state index contributed by atoms with van der Waals surface area (Å²) in [4.78, 5) is 25.5. The van der Waals surface area contributed by atoms with Crippen LogP contribution >= 0.6 is 0 Å². The molecule has 1 N–H and O–H groups in total. The maximum atomic E-state index is 13.0. The molecule has 0 aliphatic carbocycles. The fourth-order valence-electron chi connectivity index (χ4n) is 5.27. The number of carbonyl (C=O) groups excluding carboxylic acids is 2. The van der Waals surface area contributed by atoms with Gasteiger partial charge in [0.15, 0.2) is 5.78 Å². The SMILES string of the molecule is CCCCCCCCCCCCCCCCCCCC(=O)C(Cc1ccccc1)NC(=O)CCCCCC. The predicted molar refractivity (Wildman–Crippen MR) is 165 cm³/mol. The van der Waals surface area contributed by atoms with E-state index in [0.29, 0.717) is 19.3 Å². The van der Waals surface area contributed by atoms with Crippen LogP contribution in [0.5, 0.6) is 0 Å². The average molecular weight is 528 g/mol. The highest BCUT2D eigenvalue weighted by molar-refractivity contribution is 5.89. The Bertz CT molecular complexity index is 672. The molecule has 1 aromatic rings. The molecule has 1 aromatic carbocycles. The third-order valence-electron chi connectivity index (χ3n) is 7.79. The molecule has 3 nitrogen and oxygen atoms in total. The molecule has 0 spiro atoms. The molecule has 38 heavy (non-hydrogen) atoms. The van der Waals surface area contributed by atoms with Crippen LogP contribution in [0.4, 0.5) is 0 Å². The zero-order chi connectivity index (χ0) is 27.5. The third kappa shape index (κ3) is 20.3. The largest absolute Gasteiger partial charge is 0.346 e. The van der Waals surface area contributed by atoms with E-state index in [-0.39, 0.29) is 11.7 Å². The number of carbonyl (C=O) groups is 2. The first kappa shape index (κ1) is 34.4. The highest BCUT2D eigenvalue weighted by Crippen LogP contribution is 2.15. The number of benzene rings is 1. The van der Waals surface area contributed by atoms with Gasteiger partial charge in [0.05, 0.1) is 6.04 Å². The molecule has 1 unspecified atom stereocenters. The Morgan fingerprint density at radius 3 is 1.42 bits per heavy atom. The number of amides is 1. The number of ketones is 1. The van der Waals surface area contributed by atoms with E-state index >= 15 is 0 Å². The van der Waals surface area contributed by atoms with Crippen LogP contribution in [0.15, 0.2) is 30.3 Å². The van der Waals surface area contributed by atoms with Gasteiger partial charge in [0, 0.05) is 12.8 Å². The van der Waals surface area contributed by atoms with Crippen molar-refractivity contribution in [1.82, 2.24) is 5.32 Å². The number of unbranched alkanes of at least 4 members (excludes halogenated alkanes) is 19. The normalized spacial score (nSPS) is 11.9. The average Bonchev–Trinajstić information content (AvgIpc) is 2.93. The Balaban J connectivity index is 2.11. The summed E-state index contributed by atoms with van der Waals surface area (Å²) in [5.74, 6) is 0.217. The second kappa shape index (κ2) is 25.6. The molecule has 1 rings (SSSR count). The van der Waals surface area contributed by atoms with Crippen LogP contribution in [0.1, 0.15) is 167 Å². The second-order valence-electron chi connectivity index (χ2n) is 11.5. The minimum absolute atomic E-state index is 0.0257. The maximum absolute atomic E-state index is 13.0. The Morgan fingerprint density at radius 2 is 0.947 bits per heavy atom. The molecule has 0 aliphatic rings. The first-order chi connectivity index (χ1) is 18.7. The Hall–Kier alpha value is -1.64. The van der Waals surface area contributed by atoms with Crippen LogP contribution in [0.25, 0.3) is 0 Å². The van der Waals surface area contributed by atoms with Gasteiger partial charge in [0.25, 0.3) is 0 Å². The summed E-state index contributed by atoms with van der Waals surface area (Å²) in [5, 5.41) is 3.06. The van der Waals surface area contributed by atoms with Crippen LogP contribution in [-0.4, -0.2) is 17.7 Å². The van der Waals surface area contributed by atoms with Crippen LogP contribution in [0, 0.1) is 0 Å². The number of hydrogen-bond acceptors (Lipinski definition) is 2. The predicted octanol–water partition coefficient (Wildman–Crippen LogP) is 10.3. The molecule has 0 saturated heterocycles. The molecule has 218 valence electrons. The topological polar surface area (TPSA) is 46.2 Å². The van der Waals surface area contributed by atoms with Crippen LogP contribution in [-0.2, 0) is 16.0 Å². The summed E-state index contributed by atoms with van der Waals surface area (Å²) in [6.45, 7) is 4.46. The highest BCUT2D eigenvalue weighted by Gasteiger charge is 2.20. The fourth-order valence-corrected chi connectivity index (χ4v) is 5.27. The summed E-state index contributed by atoms with van der Waals surface area (Å²) in [7, 11) is 0. The van der Waals surface area contributed by atoms with Crippen molar-refractivity contribution in [3.63, 3.8) is 0 Å². The van der Waals surface area contributed by atoms with E-state index in [1.807, 2.05) is 30.3 Å². The molecule has 0 fully saturated rings. The van der Waals surface area contributed by atoms with Gasteiger partial charge in [-0.3, -0.25) is 9.59 Å². The number of hydrogen-bond donors (Lipinski definition) is 1. The van der Waals surface area contributed by atoms with Gasteiger partial charge >= 0.3 is 0 Å². The van der Waals surface area contributed by atoms with Crippen molar-refractivity contribution in [1.29, 1.82) is 0 Å². The second-order valence-corrected chi connectivity index (χ2v) is 11.5. The molecule has 0 saturated carbocycles. The van der Waals surface area contributed by atoms with Gasteiger partial charge in [-0.25, -0.2) is 0 Å². The lowest BCUT2D eigenvalue weighted by molar-refractivity contribution is -0.128. The molecule has 0 radical (unpaired) electrons. The van der Waals surface area contributed by atoms with Gasteiger partial charge in [-0.05, 0) is 24.8 Å². The quantitative estimate of drug-likeness (QED) is 0.116. The van der Waals surface area contributed by atoms with E-state index in [0.717, 1.165) is 37.7 Å². The van der Waals surface area contributed by atoms with Gasteiger partial charge in [-0.1, -0.05) is 166 Å². The summed E-state index contributed by atoms with van der Waals surface area (Å²) < 4.78 is 0. The lowest BCUT2D eigenvalue weighted by Crippen LogP contribution is -2.42. The van der Waals surface area contributed by atoms with Crippen LogP contribution in [0.3, 0.4) is 0 Å². The standard InChI is InChI=1S/C35H61NO2/c1-3-5-7-9-10-11-12-13-14-15-16-17-18-19-20-21-25-29-34(37)33(31-32-27-23-22-24-28-32)36-35(38)30-26-8-6-4-2/h22-24,27-28,33H,3-21,25-26,29-31H2,1-2H3,(H,36,38). The van der Waals surface area contributed by atoms with Gasteiger partial charge in [-0.15, -0.1) is 0 Å². The van der Waals surface area contributed by atoms with Gasteiger partial charge in [-0.2, -0.15) is 0 Å². The van der Waals surface area contributed by atoms with E-state index in [9.17, 15) is 9.59 Å². The van der Waals surface area contributed by atoms with Crippen LogP contribution in [0.2, 0.25) is 0 Å². The number of nitrogens with one attached hydrogen (secondary N) is 1. The Morgan fingerprint density at radius 1 is 0.553 bits per heavy atom. The Labute approximate surface area is 236 Å². The summed E-state index contributed by atoms with van der Waals surface area (Å²) in [6.07, 6.45) is 28.8. The minimum Gasteiger partial charge on any atom is -0.346 e. The molecule has 1 amide bonds. The first-order valence-corrected chi connectivity index (χ1v) is 16.5. The molecule has 1 atom stereocenters. The first-order valence-electron chi connectivity index (χ1n) is 16.5. The molecule has 3 heteroatoms. The number of Topliss-reactive ketones (excluding diaryl/α,β-unsaturated/α-hetero) is 1. The van der Waals surface area contributed by atoms with Gasteiger partial charge in [0.1, 0.15) is 0 Å². The lowest BCUT2D eigenvalue weighted by Gasteiger charge is -2.18. The van der Waals surface area contributed by atoms with E-state index in [4.69, 9.17) is 0 Å². The van der Waals surface area contributed by atoms with Crippen LogP contribution < -0.4 is 5.32 Å². The van der Waals surface area contributed by atoms with Crippen molar-refractivity contribution >= 4 is 11.7 Å². The summed E-state index contributed by atoms with van der Waals surface area (Å²) in [5.41, 5.74) is 1.11. The van der Waals surface area contributed by atoms with E-state index in [1.165, 1.54) is 103 Å². The van der Waals surface area contributed by atoms with Gasteiger partial charge in [0.2, 0.25) is 5.91 Å². The summed E-state index contributed by atoms with van der Waals surface area (Å²) in [6, 6.07) is 9.69. The monoisotopic (exact) mass is 527 g/mol. The summed E-state index contributed by atoms with van der Waals surface area (Å²) >= 11 is 0. The molecule has 0 aromatic heterocycles. The molecule has 0 aliphatic heterocycles. The van der Waals surface area contributed by atoms with Crippen molar-refractivity contribution < 1.29 is 9.59 Å². The zero-order valence-electron chi connectivity index (χ0n) is 25.3. The van der Waals surface area contributed by atoms with Crippen molar-refractivity contribution in [2.45, 2.75) is 174 Å². The third-order valence-corrected chi connectivity index (χ3v) is 7.79. The van der Waals surface area contributed by atoms with Crippen molar-refractivity contribution in [3.8, 4) is 0 Å². The van der Waals surface area contributed by atoms with E-state index < -0.39 is 6.04 Å². The molecule has 0 bridgehead atoms. The molecular formula is C35H61NO2. The van der Waals surface area contributed by atoms with E-state index in [2.05, 4.69) is 19.2 Å². The molecule has 0 heterocycles. The fraction of sp³-hybridized carbons (Fsp3) is 0.771. The zero-order valence-corrected chi connectivity index (χ0v) is 25.3.